The number of nitrogens with one attached hydrogen (secondary N) is 1. The molecule has 1 heterocycles. The third kappa shape index (κ3) is 6.13. The van der Waals surface area contributed by atoms with Gasteiger partial charge in [-0.3, -0.25) is 10.1 Å². The number of ether oxygens (including phenoxy) is 1. The quantitative estimate of drug-likeness (QED) is 0.499. The lowest BCUT2D eigenvalue weighted by molar-refractivity contribution is -0.137. The van der Waals surface area contributed by atoms with Gasteiger partial charge in [-0.25, -0.2) is 4.79 Å². The van der Waals surface area contributed by atoms with E-state index >= 15 is 0 Å². The van der Waals surface area contributed by atoms with Gasteiger partial charge in [-0.05, 0) is 38.5 Å². The average molecular weight is 480 g/mol. The molecule has 0 saturated heterocycles. The summed E-state index contributed by atoms with van der Waals surface area (Å²) in [6, 6.07) is 12.4. The van der Waals surface area contributed by atoms with Crippen LogP contribution in [0, 0.1) is 0 Å². The van der Waals surface area contributed by atoms with E-state index < -0.39 is 34.0 Å². The maximum atomic E-state index is 13.4. The molecule has 1 aromatic heterocycles. The van der Waals surface area contributed by atoms with Crippen LogP contribution in [0.25, 0.3) is 11.4 Å². The topological polar surface area (TPSA) is 73.2 Å². The molecule has 10 heteroatoms. The molecule has 0 unspecified atom stereocenters. The van der Waals surface area contributed by atoms with Gasteiger partial charge in [0.1, 0.15) is 17.1 Å². The number of nitrogens with zero attached hydrogens (tertiary/aromatic N) is 2. The predicted molar refractivity (Wildman–Crippen MR) is 119 cm³/mol. The first kappa shape index (κ1) is 24.3. The Balaban J connectivity index is 2.13. The van der Waals surface area contributed by atoms with Gasteiger partial charge in [0.25, 0.3) is 5.56 Å². The maximum Gasteiger partial charge on any atom is 0.417 e. The van der Waals surface area contributed by atoms with Crippen molar-refractivity contribution in [1.29, 1.82) is 0 Å². The number of alkyl halides is 3. The van der Waals surface area contributed by atoms with Crippen LogP contribution < -0.4 is 10.9 Å². The number of rotatable bonds is 4. The van der Waals surface area contributed by atoms with E-state index in [0.717, 1.165) is 11.6 Å². The number of anilines is 1. The summed E-state index contributed by atoms with van der Waals surface area (Å²) in [4.78, 5) is 28.8. The summed E-state index contributed by atoms with van der Waals surface area (Å²) in [5.74, 6) is -0.0744. The summed E-state index contributed by atoms with van der Waals surface area (Å²) >= 11 is 6.09. The molecule has 6 nitrogen and oxygen atoms in total. The van der Waals surface area contributed by atoms with E-state index in [0.29, 0.717) is 0 Å². The lowest BCUT2D eigenvalue weighted by Crippen LogP contribution is -2.30. The Morgan fingerprint density at radius 2 is 1.76 bits per heavy atom. The number of amides is 1. The van der Waals surface area contributed by atoms with Crippen LogP contribution >= 0.6 is 11.6 Å². The van der Waals surface area contributed by atoms with E-state index in [4.69, 9.17) is 16.3 Å². The molecule has 0 aliphatic heterocycles. The van der Waals surface area contributed by atoms with E-state index in [1.165, 1.54) is 22.9 Å². The highest BCUT2D eigenvalue weighted by Gasteiger charge is 2.34. The first-order valence-electron chi connectivity index (χ1n) is 9.86. The largest absolute Gasteiger partial charge is 0.444 e. The number of benzene rings is 2. The van der Waals surface area contributed by atoms with Crippen molar-refractivity contribution in [3.05, 3.63) is 81.2 Å². The van der Waals surface area contributed by atoms with Gasteiger partial charge in [-0.2, -0.15) is 18.2 Å². The predicted octanol–water partition coefficient (Wildman–Crippen LogP) is 5.98. The summed E-state index contributed by atoms with van der Waals surface area (Å²) in [7, 11) is 0. The Bertz CT molecular complexity index is 1220. The van der Waals surface area contributed by atoms with Gasteiger partial charge in [0.15, 0.2) is 0 Å². The molecule has 0 atom stereocenters. The first-order chi connectivity index (χ1) is 15.3. The molecule has 2 aromatic carbocycles. The molecule has 174 valence electrons. The third-order valence-corrected chi connectivity index (χ3v) is 4.78. The molecular weight excluding hydrogens is 459 g/mol. The second kappa shape index (κ2) is 9.27. The van der Waals surface area contributed by atoms with Crippen LogP contribution in [0.15, 0.2) is 59.5 Å². The number of carbonyl (C=O) groups excluding carboxylic acids is 1. The zero-order valence-electron chi connectivity index (χ0n) is 18.0. The molecule has 1 N–H and O–H groups in total. The minimum Gasteiger partial charge on any atom is -0.444 e. The number of hydrogen-bond donors (Lipinski definition) is 1. The minimum absolute atomic E-state index is 0.0664. The second-order valence-electron chi connectivity index (χ2n) is 8.19. The Morgan fingerprint density at radius 3 is 2.36 bits per heavy atom. The molecule has 3 rings (SSSR count). The monoisotopic (exact) mass is 479 g/mol. The molecule has 0 spiro atoms. The van der Waals surface area contributed by atoms with Crippen molar-refractivity contribution in [2.75, 3.05) is 5.32 Å². The van der Waals surface area contributed by atoms with Crippen LogP contribution in [0.2, 0.25) is 5.02 Å². The van der Waals surface area contributed by atoms with Crippen molar-refractivity contribution >= 4 is 23.4 Å². The Morgan fingerprint density at radius 1 is 1.09 bits per heavy atom. The number of aromatic nitrogens is 2. The van der Waals surface area contributed by atoms with Crippen LogP contribution in [0.5, 0.6) is 0 Å². The van der Waals surface area contributed by atoms with E-state index in [-0.39, 0.29) is 23.6 Å². The second-order valence-corrected chi connectivity index (χ2v) is 8.57. The highest BCUT2D eigenvalue weighted by atomic mass is 35.5. The highest BCUT2D eigenvalue weighted by molar-refractivity contribution is 6.34. The van der Waals surface area contributed by atoms with Crippen molar-refractivity contribution < 1.29 is 22.7 Å². The van der Waals surface area contributed by atoms with Crippen LogP contribution in [0.1, 0.15) is 31.9 Å². The Labute approximate surface area is 193 Å². The molecular formula is C23H21ClF3N3O3. The third-order valence-electron chi connectivity index (χ3n) is 4.37. The van der Waals surface area contributed by atoms with E-state index in [1.54, 1.807) is 45.0 Å². The molecule has 3 aromatic rings. The van der Waals surface area contributed by atoms with E-state index in [2.05, 4.69) is 10.3 Å². The number of halogens is 4. The molecule has 33 heavy (non-hydrogen) atoms. The van der Waals surface area contributed by atoms with Crippen molar-refractivity contribution in [3.63, 3.8) is 0 Å². The van der Waals surface area contributed by atoms with Gasteiger partial charge >= 0.3 is 12.3 Å². The standard InChI is InChI=1S/C23H21ClF3N3O3/c1-22(2,3)33-21(32)28-17-13-30(12-14-8-5-4-6-9-14)19(29-20(17)31)15-10-7-11-16(18(15)24)23(25,26)27/h4-11,13H,12H2,1-3H3,(H,28,32). The Kier molecular flexibility index (Phi) is 6.83. The van der Waals surface area contributed by atoms with Crippen molar-refractivity contribution in [1.82, 2.24) is 9.55 Å². The fourth-order valence-electron chi connectivity index (χ4n) is 3.03. The van der Waals surface area contributed by atoms with Crippen LogP contribution in [0.3, 0.4) is 0 Å². The zero-order valence-corrected chi connectivity index (χ0v) is 18.8. The van der Waals surface area contributed by atoms with E-state index in [1.807, 2.05) is 6.07 Å². The van der Waals surface area contributed by atoms with Crippen molar-refractivity contribution in [3.8, 4) is 11.4 Å². The molecule has 0 aliphatic carbocycles. The van der Waals surface area contributed by atoms with Gasteiger partial charge in [0.2, 0.25) is 0 Å². The lowest BCUT2D eigenvalue weighted by Gasteiger charge is -2.20. The lowest BCUT2D eigenvalue weighted by atomic mass is 10.1. The summed E-state index contributed by atoms with van der Waals surface area (Å²) in [6.07, 6.45) is -4.24. The van der Waals surface area contributed by atoms with Gasteiger partial charge in [0, 0.05) is 18.3 Å². The average Bonchev–Trinajstić information content (AvgIpc) is 2.69. The normalized spacial score (nSPS) is 11.8. The molecule has 0 fully saturated rings. The number of carbonyl (C=O) groups is 1. The van der Waals surface area contributed by atoms with Crippen LogP contribution in [-0.2, 0) is 17.5 Å². The fourth-order valence-corrected chi connectivity index (χ4v) is 3.35. The van der Waals surface area contributed by atoms with Gasteiger partial charge in [0.05, 0.1) is 10.6 Å². The molecule has 0 radical (unpaired) electrons. The summed E-state index contributed by atoms with van der Waals surface area (Å²) in [5.41, 5.74) is -2.16. The SMILES string of the molecule is CC(C)(C)OC(=O)Nc1cn(Cc2ccccc2)c(-c2cccc(C(F)(F)F)c2Cl)nc1=O. The smallest absolute Gasteiger partial charge is 0.417 e. The molecule has 0 saturated carbocycles. The minimum atomic E-state index is -4.68. The summed E-state index contributed by atoms with van der Waals surface area (Å²) in [5, 5.41) is 1.77. The highest BCUT2D eigenvalue weighted by Crippen LogP contribution is 2.39. The van der Waals surface area contributed by atoms with E-state index in [9.17, 15) is 22.8 Å². The molecule has 0 bridgehead atoms. The van der Waals surface area contributed by atoms with Gasteiger partial charge < -0.3 is 9.30 Å². The van der Waals surface area contributed by atoms with Crippen molar-refractivity contribution in [2.45, 2.75) is 39.1 Å². The van der Waals surface area contributed by atoms with Gasteiger partial charge in [-0.15, -0.1) is 0 Å². The van der Waals surface area contributed by atoms with Crippen LogP contribution in [-0.4, -0.2) is 21.2 Å². The van der Waals surface area contributed by atoms with Crippen LogP contribution in [0.4, 0.5) is 23.7 Å². The summed E-state index contributed by atoms with van der Waals surface area (Å²) < 4.78 is 46.8. The fraction of sp³-hybridized carbons (Fsp3) is 0.261. The Hall–Kier alpha value is -3.33. The maximum absolute atomic E-state index is 13.4. The van der Waals surface area contributed by atoms with Gasteiger partial charge in [-0.1, -0.05) is 48.0 Å². The van der Waals surface area contributed by atoms with Crippen molar-refractivity contribution in [2.24, 2.45) is 0 Å². The zero-order chi connectivity index (χ0) is 24.4. The number of hydrogen-bond acceptors (Lipinski definition) is 4. The molecule has 0 aliphatic rings. The molecule has 1 amide bonds. The summed E-state index contributed by atoms with van der Waals surface area (Å²) in [6.45, 7) is 5.14. The first-order valence-corrected chi connectivity index (χ1v) is 10.2.